The van der Waals surface area contributed by atoms with Crippen LogP contribution in [0.3, 0.4) is 0 Å². The van der Waals surface area contributed by atoms with Crippen molar-refractivity contribution in [2.24, 2.45) is 23.5 Å². The summed E-state index contributed by atoms with van der Waals surface area (Å²) in [5, 5.41) is 0. The van der Waals surface area contributed by atoms with Gasteiger partial charge < -0.3 is 10.6 Å². The van der Waals surface area contributed by atoms with Crippen LogP contribution in [0.2, 0.25) is 0 Å². The van der Waals surface area contributed by atoms with Gasteiger partial charge in [-0.2, -0.15) is 0 Å². The van der Waals surface area contributed by atoms with E-state index in [9.17, 15) is 4.79 Å². The molecule has 0 aromatic heterocycles. The summed E-state index contributed by atoms with van der Waals surface area (Å²) in [5.41, 5.74) is 5.71. The smallest absolute Gasteiger partial charge is 0.225 e. The molecule has 2 rings (SSSR count). The maximum absolute atomic E-state index is 12.5. The fourth-order valence-electron chi connectivity index (χ4n) is 3.27. The van der Waals surface area contributed by atoms with E-state index in [1.54, 1.807) is 0 Å². The highest BCUT2D eigenvalue weighted by Gasteiger charge is 2.30. The monoisotopic (exact) mass is 252 g/mol. The van der Waals surface area contributed by atoms with Crippen LogP contribution < -0.4 is 5.73 Å². The molecule has 3 heteroatoms. The third kappa shape index (κ3) is 3.25. The molecule has 3 nitrogen and oxygen atoms in total. The van der Waals surface area contributed by atoms with Crippen molar-refractivity contribution in [2.45, 2.75) is 51.9 Å². The maximum atomic E-state index is 12.5. The number of rotatable bonds is 5. The molecule has 18 heavy (non-hydrogen) atoms. The summed E-state index contributed by atoms with van der Waals surface area (Å²) in [6.45, 7) is 4.79. The van der Waals surface area contributed by atoms with E-state index in [-0.39, 0.29) is 5.92 Å². The van der Waals surface area contributed by atoms with Crippen LogP contribution in [0.1, 0.15) is 51.9 Å². The lowest BCUT2D eigenvalue weighted by atomic mass is 9.80. The molecular weight excluding hydrogens is 224 g/mol. The third-order valence-corrected chi connectivity index (χ3v) is 4.93. The van der Waals surface area contributed by atoms with E-state index < -0.39 is 0 Å². The Morgan fingerprint density at radius 2 is 1.78 bits per heavy atom. The Kier molecular flexibility index (Phi) is 5.04. The highest BCUT2D eigenvalue weighted by Crippen LogP contribution is 2.31. The number of carbonyl (C=O) groups is 1. The second-order valence-electron chi connectivity index (χ2n) is 6.13. The van der Waals surface area contributed by atoms with Gasteiger partial charge in [-0.25, -0.2) is 0 Å². The largest absolute Gasteiger partial charge is 0.342 e. The molecule has 2 aliphatic carbocycles. The van der Waals surface area contributed by atoms with Crippen molar-refractivity contribution < 1.29 is 4.79 Å². The second-order valence-corrected chi connectivity index (χ2v) is 6.13. The van der Waals surface area contributed by atoms with Crippen molar-refractivity contribution in [1.29, 1.82) is 0 Å². The number of hydrogen-bond acceptors (Lipinski definition) is 2. The van der Waals surface area contributed by atoms with Gasteiger partial charge >= 0.3 is 0 Å². The maximum Gasteiger partial charge on any atom is 0.225 e. The lowest BCUT2D eigenvalue weighted by Gasteiger charge is -2.35. The summed E-state index contributed by atoms with van der Waals surface area (Å²) < 4.78 is 0. The molecule has 0 bridgehead atoms. The summed E-state index contributed by atoms with van der Waals surface area (Å²) in [7, 11) is 0. The first kappa shape index (κ1) is 13.9. The van der Waals surface area contributed by atoms with E-state index in [4.69, 9.17) is 5.73 Å². The number of amides is 1. The first-order valence-corrected chi connectivity index (χ1v) is 7.73. The molecular formula is C15H28N2O. The first-order valence-electron chi connectivity index (χ1n) is 7.73. The standard InChI is InChI=1S/C15H28N2O/c1-2-17(11-13-4-3-5-13)15(18)14-8-6-12(10-16)7-9-14/h12-14H,2-11,16H2,1H3. The average Bonchev–Trinajstić information content (AvgIpc) is 2.37. The molecule has 2 N–H and O–H groups in total. The molecule has 0 unspecified atom stereocenters. The summed E-state index contributed by atoms with van der Waals surface area (Å²) in [5.74, 6) is 2.15. The molecule has 0 spiro atoms. The Labute approximate surface area is 111 Å². The lowest BCUT2D eigenvalue weighted by molar-refractivity contribution is -0.137. The minimum atomic E-state index is 0.285. The fraction of sp³-hybridized carbons (Fsp3) is 0.933. The van der Waals surface area contributed by atoms with Crippen LogP contribution in [0.5, 0.6) is 0 Å². The molecule has 104 valence electrons. The number of carbonyl (C=O) groups excluding carboxylic acids is 1. The van der Waals surface area contributed by atoms with Crippen molar-refractivity contribution in [3.05, 3.63) is 0 Å². The normalized spacial score (nSPS) is 28.8. The molecule has 2 fully saturated rings. The minimum Gasteiger partial charge on any atom is -0.342 e. The van der Waals surface area contributed by atoms with Gasteiger partial charge in [0.2, 0.25) is 5.91 Å². The van der Waals surface area contributed by atoms with Crippen molar-refractivity contribution in [1.82, 2.24) is 4.90 Å². The van der Waals surface area contributed by atoms with Gasteiger partial charge in [-0.05, 0) is 63.8 Å². The third-order valence-electron chi connectivity index (χ3n) is 4.93. The Morgan fingerprint density at radius 3 is 2.22 bits per heavy atom. The second kappa shape index (κ2) is 6.55. The zero-order chi connectivity index (χ0) is 13.0. The lowest BCUT2D eigenvalue weighted by Crippen LogP contribution is -2.42. The molecule has 1 amide bonds. The van der Waals surface area contributed by atoms with Crippen LogP contribution in [0, 0.1) is 17.8 Å². The van der Waals surface area contributed by atoms with Crippen molar-refractivity contribution in [3.63, 3.8) is 0 Å². The molecule has 0 aliphatic heterocycles. The number of hydrogen-bond donors (Lipinski definition) is 1. The molecule has 0 aromatic rings. The van der Waals surface area contributed by atoms with E-state index in [1.165, 1.54) is 19.3 Å². The predicted octanol–water partition coefficient (Wildman–Crippen LogP) is 2.40. The Morgan fingerprint density at radius 1 is 1.11 bits per heavy atom. The van der Waals surface area contributed by atoms with Crippen molar-refractivity contribution in [2.75, 3.05) is 19.6 Å². The molecule has 2 aliphatic rings. The van der Waals surface area contributed by atoms with Crippen LogP contribution in [0.4, 0.5) is 0 Å². The van der Waals surface area contributed by atoms with Gasteiger partial charge in [0.25, 0.3) is 0 Å². The van der Waals surface area contributed by atoms with Gasteiger partial charge in [-0.1, -0.05) is 6.42 Å². The number of nitrogens with two attached hydrogens (primary N) is 1. The summed E-state index contributed by atoms with van der Waals surface area (Å²) in [6.07, 6.45) is 8.41. The van der Waals surface area contributed by atoms with E-state index in [0.717, 1.165) is 51.2 Å². The zero-order valence-electron chi connectivity index (χ0n) is 11.7. The van der Waals surface area contributed by atoms with E-state index in [2.05, 4.69) is 11.8 Å². The molecule has 0 heterocycles. The summed E-state index contributed by atoms with van der Waals surface area (Å²) in [4.78, 5) is 14.6. The SMILES string of the molecule is CCN(CC1CCC1)C(=O)C1CCC(CN)CC1. The first-order chi connectivity index (χ1) is 8.74. The molecule has 0 atom stereocenters. The molecule has 2 saturated carbocycles. The molecule has 0 aromatic carbocycles. The molecule has 0 radical (unpaired) electrons. The average molecular weight is 252 g/mol. The fourth-order valence-corrected chi connectivity index (χ4v) is 3.27. The van der Waals surface area contributed by atoms with Crippen LogP contribution in [-0.4, -0.2) is 30.4 Å². The van der Waals surface area contributed by atoms with E-state index in [0.29, 0.717) is 11.8 Å². The minimum absolute atomic E-state index is 0.285. The Hall–Kier alpha value is -0.570. The van der Waals surface area contributed by atoms with Gasteiger partial charge in [0.05, 0.1) is 0 Å². The number of nitrogens with zero attached hydrogens (tertiary/aromatic N) is 1. The Bertz CT molecular complexity index is 268. The van der Waals surface area contributed by atoms with Gasteiger partial charge in [-0.15, -0.1) is 0 Å². The van der Waals surface area contributed by atoms with Gasteiger partial charge in [0, 0.05) is 19.0 Å². The Balaban J connectivity index is 1.80. The quantitative estimate of drug-likeness (QED) is 0.816. The van der Waals surface area contributed by atoms with Crippen LogP contribution in [0.15, 0.2) is 0 Å². The summed E-state index contributed by atoms with van der Waals surface area (Å²) in [6, 6.07) is 0. The van der Waals surface area contributed by atoms with Crippen molar-refractivity contribution >= 4 is 5.91 Å². The highest BCUT2D eigenvalue weighted by atomic mass is 16.2. The van der Waals surface area contributed by atoms with Crippen LogP contribution in [-0.2, 0) is 4.79 Å². The van der Waals surface area contributed by atoms with Crippen LogP contribution >= 0.6 is 0 Å². The van der Waals surface area contributed by atoms with E-state index >= 15 is 0 Å². The predicted molar refractivity (Wildman–Crippen MR) is 74.1 cm³/mol. The molecule has 0 saturated heterocycles. The van der Waals surface area contributed by atoms with E-state index in [1.807, 2.05) is 0 Å². The van der Waals surface area contributed by atoms with Gasteiger partial charge in [0.15, 0.2) is 0 Å². The zero-order valence-corrected chi connectivity index (χ0v) is 11.7. The van der Waals surface area contributed by atoms with Crippen molar-refractivity contribution in [3.8, 4) is 0 Å². The highest BCUT2D eigenvalue weighted by molar-refractivity contribution is 5.78. The summed E-state index contributed by atoms with van der Waals surface area (Å²) >= 11 is 0. The van der Waals surface area contributed by atoms with Crippen LogP contribution in [0.25, 0.3) is 0 Å². The van der Waals surface area contributed by atoms with Gasteiger partial charge in [0.1, 0.15) is 0 Å². The van der Waals surface area contributed by atoms with Gasteiger partial charge in [-0.3, -0.25) is 4.79 Å². The topological polar surface area (TPSA) is 46.3 Å².